The molecule has 1 aromatic heterocycles. The van der Waals surface area contributed by atoms with Crippen LogP contribution >= 0.6 is 23.1 Å². The van der Waals surface area contributed by atoms with E-state index in [1.165, 1.54) is 35.2 Å². The molecule has 136 valence electrons. The highest BCUT2D eigenvalue weighted by molar-refractivity contribution is 8.02. The SMILES string of the molecule is CC(C)N(C(=O)[C@H](C)Sc1nnc(Nc2ccc(F)cc2)s1)C(C)C. The summed E-state index contributed by atoms with van der Waals surface area (Å²) in [5.41, 5.74) is 0.740. The van der Waals surface area contributed by atoms with Gasteiger partial charge < -0.3 is 10.2 Å². The maximum Gasteiger partial charge on any atom is 0.236 e. The second-order valence-electron chi connectivity index (χ2n) is 6.20. The van der Waals surface area contributed by atoms with Gasteiger partial charge >= 0.3 is 0 Å². The van der Waals surface area contributed by atoms with Gasteiger partial charge in [0.1, 0.15) is 5.82 Å². The molecule has 0 aliphatic heterocycles. The van der Waals surface area contributed by atoms with Crippen molar-refractivity contribution in [2.24, 2.45) is 0 Å². The van der Waals surface area contributed by atoms with Gasteiger partial charge in [-0.05, 0) is 58.9 Å². The zero-order valence-corrected chi connectivity index (χ0v) is 16.6. The van der Waals surface area contributed by atoms with E-state index >= 15 is 0 Å². The molecule has 2 rings (SSSR count). The average Bonchev–Trinajstić information content (AvgIpc) is 2.95. The van der Waals surface area contributed by atoms with Gasteiger partial charge in [-0.1, -0.05) is 23.1 Å². The van der Waals surface area contributed by atoms with Crippen molar-refractivity contribution in [2.75, 3.05) is 5.32 Å². The van der Waals surface area contributed by atoms with Crippen molar-refractivity contribution in [3.63, 3.8) is 0 Å². The van der Waals surface area contributed by atoms with Gasteiger partial charge in [0, 0.05) is 17.8 Å². The van der Waals surface area contributed by atoms with Crippen molar-refractivity contribution in [2.45, 2.75) is 56.3 Å². The zero-order valence-electron chi connectivity index (χ0n) is 15.0. The normalized spacial score (nSPS) is 12.5. The number of carbonyl (C=O) groups excluding carboxylic acids is 1. The predicted molar refractivity (Wildman–Crippen MR) is 102 cm³/mol. The Morgan fingerprint density at radius 1 is 1.12 bits per heavy atom. The highest BCUT2D eigenvalue weighted by atomic mass is 32.2. The molecule has 25 heavy (non-hydrogen) atoms. The summed E-state index contributed by atoms with van der Waals surface area (Å²) in [5, 5.41) is 11.7. The molecule has 2 aromatic rings. The average molecular weight is 383 g/mol. The summed E-state index contributed by atoms with van der Waals surface area (Å²) in [4.78, 5) is 14.6. The molecule has 1 N–H and O–H groups in total. The van der Waals surface area contributed by atoms with Crippen LogP contribution in [-0.2, 0) is 4.79 Å². The Morgan fingerprint density at radius 3 is 2.28 bits per heavy atom. The molecule has 0 saturated heterocycles. The van der Waals surface area contributed by atoms with E-state index in [0.29, 0.717) is 5.13 Å². The van der Waals surface area contributed by atoms with E-state index in [1.807, 2.05) is 39.5 Å². The number of carbonyl (C=O) groups is 1. The smallest absolute Gasteiger partial charge is 0.236 e. The fourth-order valence-corrected chi connectivity index (χ4v) is 4.45. The van der Waals surface area contributed by atoms with Crippen LogP contribution in [-0.4, -0.2) is 38.3 Å². The van der Waals surface area contributed by atoms with Crippen LogP contribution < -0.4 is 5.32 Å². The van der Waals surface area contributed by atoms with Crippen LogP contribution in [0.25, 0.3) is 0 Å². The number of amides is 1. The Labute approximate surface area is 156 Å². The quantitative estimate of drug-likeness (QED) is 0.712. The minimum atomic E-state index is -0.286. The van der Waals surface area contributed by atoms with Gasteiger partial charge in [0.25, 0.3) is 0 Å². The lowest BCUT2D eigenvalue weighted by Crippen LogP contribution is -2.45. The second kappa shape index (κ2) is 8.62. The summed E-state index contributed by atoms with van der Waals surface area (Å²) >= 11 is 2.77. The van der Waals surface area contributed by atoms with Crippen LogP contribution in [0.5, 0.6) is 0 Å². The van der Waals surface area contributed by atoms with E-state index in [4.69, 9.17) is 0 Å². The third kappa shape index (κ3) is 5.40. The standard InChI is InChI=1S/C17H23FN4OS2/c1-10(2)22(11(3)4)15(23)12(5)24-17-21-20-16(25-17)19-14-8-6-13(18)7-9-14/h6-12H,1-5H3,(H,19,20)/t12-/m0/s1. The van der Waals surface area contributed by atoms with Gasteiger partial charge in [-0.15, -0.1) is 10.2 Å². The lowest BCUT2D eigenvalue weighted by atomic mass is 10.2. The van der Waals surface area contributed by atoms with E-state index in [0.717, 1.165) is 10.0 Å². The summed E-state index contributed by atoms with van der Waals surface area (Å²) in [5.74, 6) is -0.190. The first-order valence-corrected chi connectivity index (χ1v) is 9.82. The molecule has 8 heteroatoms. The Morgan fingerprint density at radius 2 is 1.72 bits per heavy atom. The van der Waals surface area contributed by atoms with Crippen LogP contribution in [0.2, 0.25) is 0 Å². The molecule has 0 aliphatic carbocycles. The molecule has 1 heterocycles. The van der Waals surface area contributed by atoms with E-state index in [9.17, 15) is 9.18 Å². The molecule has 0 spiro atoms. The Kier molecular flexibility index (Phi) is 6.78. The monoisotopic (exact) mass is 382 g/mol. The van der Waals surface area contributed by atoms with Crippen molar-refractivity contribution < 1.29 is 9.18 Å². The molecule has 0 radical (unpaired) electrons. The first kappa shape index (κ1) is 19.7. The van der Waals surface area contributed by atoms with Gasteiger partial charge in [0.2, 0.25) is 11.0 Å². The second-order valence-corrected chi connectivity index (χ2v) is 8.76. The summed E-state index contributed by atoms with van der Waals surface area (Å²) < 4.78 is 13.7. The van der Waals surface area contributed by atoms with E-state index < -0.39 is 0 Å². The number of anilines is 2. The van der Waals surface area contributed by atoms with Crippen LogP contribution in [0.1, 0.15) is 34.6 Å². The molecule has 1 amide bonds. The molecule has 0 bridgehead atoms. The van der Waals surface area contributed by atoms with Gasteiger partial charge in [0.15, 0.2) is 4.34 Å². The van der Waals surface area contributed by atoms with Crippen molar-refractivity contribution in [1.29, 1.82) is 0 Å². The third-order valence-corrected chi connectivity index (χ3v) is 5.50. The molecular formula is C17H23FN4OS2. The summed E-state index contributed by atoms with van der Waals surface area (Å²) in [6.45, 7) is 9.96. The summed E-state index contributed by atoms with van der Waals surface area (Å²) in [7, 11) is 0. The largest absolute Gasteiger partial charge is 0.337 e. The van der Waals surface area contributed by atoms with Gasteiger partial charge in [-0.25, -0.2) is 4.39 Å². The Hall–Kier alpha value is -1.67. The maximum absolute atomic E-state index is 12.9. The van der Waals surface area contributed by atoms with Crippen molar-refractivity contribution in [3.05, 3.63) is 30.1 Å². The number of benzene rings is 1. The Balaban J connectivity index is 2.00. The van der Waals surface area contributed by atoms with Crippen LogP contribution in [0.4, 0.5) is 15.2 Å². The minimum absolute atomic E-state index is 0.0956. The first-order chi connectivity index (χ1) is 11.8. The van der Waals surface area contributed by atoms with Crippen LogP contribution in [0.3, 0.4) is 0 Å². The third-order valence-electron chi connectivity index (χ3n) is 3.49. The van der Waals surface area contributed by atoms with Gasteiger partial charge in [-0.2, -0.15) is 0 Å². The highest BCUT2D eigenvalue weighted by Gasteiger charge is 2.26. The van der Waals surface area contributed by atoms with E-state index in [2.05, 4.69) is 15.5 Å². The Bertz CT molecular complexity index is 695. The summed E-state index contributed by atoms with van der Waals surface area (Å²) in [6, 6.07) is 6.34. The number of rotatable bonds is 7. The number of aromatic nitrogens is 2. The van der Waals surface area contributed by atoms with Crippen LogP contribution in [0, 0.1) is 5.82 Å². The van der Waals surface area contributed by atoms with E-state index in [-0.39, 0.29) is 29.1 Å². The summed E-state index contributed by atoms with van der Waals surface area (Å²) in [6.07, 6.45) is 0. The van der Waals surface area contributed by atoms with Crippen molar-refractivity contribution >= 4 is 39.8 Å². The lowest BCUT2D eigenvalue weighted by Gasteiger charge is -2.32. The number of hydrogen-bond acceptors (Lipinski definition) is 6. The molecule has 0 saturated carbocycles. The molecule has 1 atom stereocenters. The van der Waals surface area contributed by atoms with Crippen molar-refractivity contribution in [3.8, 4) is 0 Å². The number of nitrogens with zero attached hydrogens (tertiary/aromatic N) is 3. The zero-order chi connectivity index (χ0) is 18.6. The predicted octanol–water partition coefficient (Wildman–Crippen LogP) is 4.55. The van der Waals surface area contributed by atoms with Crippen molar-refractivity contribution in [1.82, 2.24) is 15.1 Å². The highest BCUT2D eigenvalue weighted by Crippen LogP contribution is 2.31. The molecule has 0 unspecified atom stereocenters. The molecular weight excluding hydrogens is 359 g/mol. The van der Waals surface area contributed by atoms with Gasteiger partial charge in [0.05, 0.1) is 5.25 Å². The first-order valence-electron chi connectivity index (χ1n) is 8.13. The van der Waals surface area contributed by atoms with Gasteiger partial charge in [-0.3, -0.25) is 4.79 Å². The van der Waals surface area contributed by atoms with E-state index in [1.54, 1.807) is 12.1 Å². The molecule has 5 nitrogen and oxygen atoms in total. The number of halogens is 1. The number of thioether (sulfide) groups is 1. The molecule has 0 fully saturated rings. The number of hydrogen-bond donors (Lipinski definition) is 1. The number of nitrogens with one attached hydrogen (secondary N) is 1. The fraction of sp³-hybridized carbons (Fsp3) is 0.471. The topological polar surface area (TPSA) is 58.1 Å². The maximum atomic E-state index is 12.9. The molecule has 1 aromatic carbocycles. The van der Waals surface area contributed by atoms with Crippen LogP contribution in [0.15, 0.2) is 28.6 Å². The minimum Gasteiger partial charge on any atom is -0.337 e. The fourth-order valence-electron chi connectivity index (χ4n) is 2.48. The lowest BCUT2D eigenvalue weighted by molar-refractivity contribution is -0.133. The molecule has 0 aliphatic rings.